The minimum atomic E-state index is -0.236. The molecular weight excluding hydrogens is 396 g/mol. The molecule has 1 N–H and O–H groups in total. The lowest BCUT2D eigenvalue weighted by Crippen LogP contribution is -2.49. The average molecular weight is 422 g/mol. The van der Waals surface area contributed by atoms with Crippen molar-refractivity contribution in [1.82, 2.24) is 10.2 Å². The van der Waals surface area contributed by atoms with E-state index in [1.165, 1.54) is 0 Å². The molecule has 3 aromatic rings. The minimum Gasteiger partial charge on any atom is -0.489 e. The van der Waals surface area contributed by atoms with Crippen LogP contribution in [0.3, 0.4) is 0 Å². The molecule has 7 heteroatoms. The molecule has 1 saturated heterocycles. The van der Waals surface area contributed by atoms with Gasteiger partial charge in [0.25, 0.3) is 5.91 Å². The van der Waals surface area contributed by atoms with Crippen molar-refractivity contribution in [1.29, 1.82) is 0 Å². The summed E-state index contributed by atoms with van der Waals surface area (Å²) in [4.78, 5) is 26.3. The largest absolute Gasteiger partial charge is 0.489 e. The number of carbonyl (C=O) groups is 2. The van der Waals surface area contributed by atoms with Gasteiger partial charge in [0.05, 0.1) is 18.3 Å². The van der Waals surface area contributed by atoms with E-state index in [1.807, 2.05) is 48.5 Å². The number of amides is 2. The van der Waals surface area contributed by atoms with Gasteiger partial charge in [0.2, 0.25) is 5.91 Å². The van der Waals surface area contributed by atoms with E-state index in [1.54, 1.807) is 18.7 Å². The van der Waals surface area contributed by atoms with E-state index in [0.29, 0.717) is 60.9 Å². The lowest BCUT2D eigenvalue weighted by atomic mass is 10.1. The monoisotopic (exact) mass is 422 g/mol. The Labute approximate surface area is 180 Å². The van der Waals surface area contributed by atoms with Crippen LogP contribution in [0.2, 0.25) is 0 Å². The van der Waals surface area contributed by atoms with Gasteiger partial charge in [-0.2, -0.15) is 0 Å². The molecule has 0 aliphatic carbocycles. The van der Waals surface area contributed by atoms with Crippen molar-refractivity contribution in [3.05, 3.63) is 65.4 Å². The Morgan fingerprint density at radius 2 is 2.00 bits per heavy atom. The number of hydrogen-bond acceptors (Lipinski definition) is 5. The number of furan rings is 1. The van der Waals surface area contributed by atoms with Crippen LogP contribution in [0.5, 0.6) is 5.75 Å². The summed E-state index contributed by atoms with van der Waals surface area (Å²) in [7, 11) is 0. The zero-order chi connectivity index (χ0) is 21.8. The van der Waals surface area contributed by atoms with Crippen molar-refractivity contribution in [2.45, 2.75) is 26.6 Å². The van der Waals surface area contributed by atoms with Gasteiger partial charge >= 0.3 is 0 Å². The van der Waals surface area contributed by atoms with Crippen molar-refractivity contribution in [2.24, 2.45) is 0 Å². The number of carbonyl (C=O) groups excluding carboxylic acids is 2. The molecule has 0 saturated carbocycles. The number of nitrogens with zero attached hydrogens (tertiary/aromatic N) is 1. The summed E-state index contributed by atoms with van der Waals surface area (Å²) in [6.45, 7) is 5.59. The van der Waals surface area contributed by atoms with Crippen LogP contribution in [-0.2, 0) is 16.1 Å². The van der Waals surface area contributed by atoms with E-state index in [2.05, 4.69) is 5.32 Å². The molecule has 1 unspecified atom stereocenters. The van der Waals surface area contributed by atoms with E-state index in [-0.39, 0.29) is 17.9 Å². The molecule has 31 heavy (non-hydrogen) atoms. The standard InChI is InChI=1S/C24H26N2O5/c1-16-23(24(28)25-13-20-14-26(17(2)27)10-11-29-20)21-12-19(8-9-22(21)31-16)30-15-18-6-4-3-5-7-18/h3-9,12,20H,10-11,13-15H2,1-2H3,(H,25,28). The van der Waals surface area contributed by atoms with Gasteiger partial charge in [0.1, 0.15) is 23.7 Å². The third-order valence-electron chi connectivity index (χ3n) is 5.39. The molecule has 2 amide bonds. The van der Waals surface area contributed by atoms with Gasteiger partial charge in [-0.25, -0.2) is 0 Å². The number of nitrogens with one attached hydrogen (secondary N) is 1. The predicted molar refractivity (Wildman–Crippen MR) is 116 cm³/mol. The van der Waals surface area contributed by atoms with Crippen molar-refractivity contribution < 1.29 is 23.5 Å². The first-order valence-electron chi connectivity index (χ1n) is 10.4. The van der Waals surface area contributed by atoms with E-state index in [9.17, 15) is 9.59 Å². The van der Waals surface area contributed by atoms with Crippen LogP contribution in [0.25, 0.3) is 11.0 Å². The fourth-order valence-corrected chi connectivity index (χ4v) is 3.74. The van der Waals surface area contributed by atoms with Crippen LogP contribution < -0.4 is 10.1 Å². The zero-order valence-corrected chi connectivity index (χ0v) is 17.7. The average Bonchev–Trinajstić information content (AvgIpc) is 3.12. The maximum absolute atomic E-state index is 12.9. The Balaban J connectivity index is 1.45. The summed E-state index contributed by atoms with van der Waals surface area (Å²) >= 11 is 0. The van der Waals surface area contributed by atoms with Crippen LogP contribution in [0.15, 0.2) is 52.9 Å². The second-order valence-corrected chi connectivity index (χ2v) is 7.63. The Morgan fingerprint density at radius 3 is 2.77 bits per heavy atom. The number of hydrogen-bond donors (Lipinski definition) is 1. The maximum Gasteiger partial charge on any atom is 0.255 e. The summed E-state index contributed by atoms with van der Waals surface area (Å²) in [6, 6.07) is 15.4. The number of fused-ring (bicyclic) bond motifs is 1. The van der Waals surface area contributed by atoms with Gasteiger partial charge in [-0.3, -0.25) is 9.59 Å². The number of aryl methyl sites for hydroxylation is 1. The molecule has 7 nitrogen and oxygen atoms in total. The van der Waals surface area contributed by atoms with Crippen LogP contribution in [0, 0.1) is 6.92 Å². The van der Waals surface area contributed by atoms with Gasteiger partial charge < -0.3 is 24.1 Å². The molecule has 0 bridgehead atoms. The van der Waals surface area contributed by atoms with Gasteiger partial charge in [-0.1, -0.05) is 30.3 Å². The first-order valence-corrected chi connectivity index (χ1v) is 10.4. The van der Waals surface area contributed by atoms with Crippen LogP contribution in [0.4, 0.5) is 0 Å². The smallest absolute Gasteiger partial charge is 0.255 e. The van der Waals surface area contributed by atoms with E-state index in [4.69, 9.17) is 13.9 Å². The fourth-order valence-electron chi connectivity index (χ4n) is 3.74. The van der Waals surface area contributed by atoms with Crippen LogP contribution in [0.1, 0.15) is 28.6 Å². The third-order valence-corrected chi connectivity index (χ3v) is 5.39. The summed E-state index contributed by atoms with van der Waals surface area (Å²) in [5.41, 5.74) is 2.18. The molecule has 0 spiro atoms. The number of morpholine rings is 1. The molecule has 1 aromatic heterocycles. The van der Waals surface area contributed by atoms with Crippen molar-refractivity contribution in [3.8, 4) is 5.75 Å². The second-order valence-electron chi connectivity index (χ2n) is 7.63. The number of ether oxygens (including phenoxy) is 2. The molecule has 1 aliphatic heterocycles. The minimum absolute atomic E-state index is 0.0133. The van der Waals surface area contributed by atoms with Gasteiger partial charge in [0, 0.05) is 31.9 Å². The molecule has 1 atom stereocenters. The van der Waals surface area contributed by atoms with Gasteiger partial charge in [0.15, 0.2) is 0 Å². The summed E-state index contributed by atoms with van der Waals surface area (Å²) < 4.78 is 17.4. The topological polar surface area (TPSA) is 81.0 Å². The first-order chi connectivity index (χ1) is 15.0. The highest BCUT2D eigenvalue weighted by Gasteiger charge is 2.24. The SMILES string of the molecule is CC(=O)N1CCOC(CNC(=O)c2c(C)oc3ccc(OCc4ccccc4)cc23)C1. The molecule has 2 aromatic carbocycles. The number of rotatable bonds is 6. The Kier molecular flexibility index (Phi) is 6.23. The highest BCUT2D eigenvalue weighted by molar-refractivity contribution is 6.07. The predicted octanol–water partition coefficient (Wildman–Crippen LogP) is 3.30. The van der Waals surface area contributed by atoms with Crippen LogP contribution >= 0.6 is 0 Å². The van der Waals surface area contributed by atoms with Crippen molar-refractivity contribution >= 4 is 22.8 Å². The molecule has 162 valence electrons. The Hall–Kier alpha value is -3.32. The zero-order valence-electron chi connectivity index (χ0n) is 17.7. The molecule has 1 aliphatic rings. The molecule has 4 rings (SSSR count). The van der Waals surface area contributed by atoms with E-state index >= 15 is 0 Å². The maximum atomic E-state index is 12.9. The summed E-state index contributed by atoms with van der Waals surface area (Å²) in [6.07, 6.45) is -0.232. The van der Waals surface area contributed by atoms with E-state index in [0.717, 1.165) is 5.56 Å². The third kappa shape index (κ3) is 4.88. The lowest BCUT2D eigenvalue weighted by molar-refractivity contribution is -0.136. The Morgan fingerprint density at radius 1 is 1.19 bits per heavy atom. The first kappa shape index (κ1) is 20.9. The lowest BCUT2D eigenvalue weighted by Gasteiger charge is -2.32. The molecule has 2 heterocycles. The summed E-state index contributed by atoms with van der Waals surface area (Å²) in [5, 5.41) is 3.63. The Bertz CT molecular complexity index is 1080. The van der Waals surface area contributed by atoms with Gasteiger partial charge in [-0.05, 0) is 30.7 Å². The van der Waals surface area contributed by atoms with E-state index < -0.39 is 0 Å². The summed E-state index contributed by atoms with van der Waals surface area (Å²) in [5.74, 6) is 0.987. The fraction of sp³-hybridized carbons (Fsp3) is 0.333. The molecule has 0 radical (unpaired) electrons. The van der Waals surface area contributed by atoms with Crippen LogP contribution in [-0.4, -0.2) is 49.1 Å². The normalized spacial score (nSPS) is 16.3. The molecular formula is C24H26N2O5. The highest BCUT2D eigenvalue weighted by Crippen LogP contribution is 2.29. The van der Waals surface area contributed by atoms with Gasteiger partial charge in [-0.15, -0.1) is 0 Å². The number of benzene rings is 2. The van der Waals surface area contributed by atoms with Crippen molar-refractivity contribution in [2.75, 3.05) is 26.2 Å². The molecule has 1 fully saturated rings. The quantitative estimate of drug-likeness (QED) is 0.659. The van der Waals surface area contributed by atoms with Crippen molar-refractivity contribution in [3.63, 3.8) is 0 Å². The second kappa shape index (κ2) is 9.22. The highest BCUT2D eigenvalue weighted by atomic mass is 16.5.